The molecule has 3 fully saturated rings. The average molecular weight is 649 g/mol. The molecule has 3 saturated carbocycles. The second-order valence-electron chi connectivity index (χ2n) is 19.8. The first-order valence-electron chi connectivity index (χ1n) is 18.2. The molecule has 0 aliphatic heterocycles. The Hall–Kier alpha value is 0.0138. The summed E-state index contributed by atoms with van der Waals surface area (Å²) in [4.78, 5) is 0. The zero-order chi connectivity index (χ0) is 33.3. The van der Waals surface area contributed by atoms with Gasteiger partial charge in [-0.05, 0) is 137 Å². The molecular weight excluding hydrogens is 577 g/mol. The highest BCUT2D eigenvalue weighted by atomic mass is 28.4. The van der Waals surface area contributed by atoms with Crippen LogP contribution in [0.5, 0.6) is 0 Å². The maximum atomic E-state index is 10.2. The number of aliphatic hydroxyl groups is 1. The Kier molecular flexibility index (Phi) is 10.2. The third-order valence-corrected chi connectivity index (χ3v) is 23.4. The van der Waals surface area contributed by atoms with Gasteiger partial charge in [0, 0.05) is 12.0 Å². The minimum absolute atomic E-state index is 0.0833. The molecule has 4 aliphatic rings. The molecule has 0 unspecified atom stereocenters. The number of rotatable bonds is 9. The van der Waals surface area contributed by atoms with E-state index in [2.05, 4.69) is 94.6 Å². The van der Waals surface area contributed by atoms with E-state index in [9.17, 15) is 5.11 Å². The predicted octanol–water partition coefficient (Wildman–Crippen LogP) is 10.5. The van der Waals surface area contributed by atoms with Gasteiger partial charge in [0.15, 0.2) is 16.6 Å². The first-order chi connectivity index (χ1) is 19.8. The van der Waals surface area contributed by atoms with E-state index in [0.29, 0.717) is 30.3 Å². The molecule has 256 valence electrons. The van der Waals surface area contributed by atoms with Gasteiger partial charge in [-0.15, -0.1) is 0 Å². The summed E-state index contributed by atoms with van der Waals surface area (Å²) >= 11 is 0. The molecule has 9 atom stereocenters. The Morgan fingerprint density at radius 1 is 0.886 bits per heavy atom. The molecule has 0 aromatic heterocycles. The van der Waals surface area contributed by atoms with Crippen molar-refractivity contribution in [1.82, 2.24) is 0 Å². The van der Waals surface area contributed by atoms with Crippen molar-refractivity contribution in [2.75, 3.05) is 6.61 Å². The lowest BCUT2D eigenvalue weighted by Gasteiger charge is -2.62. The van der Waals surface area contributed by atoms with Crippen molar-refractivity contribution in [3.8, 4) is 0 Å². The zero-order valence-corrected chi connectivity index (χ0v) is 33.7. The van der Waals surface area contributed by atoms with E-state index in [-0.39, 0.29) is 33.8 Å². The van der Waals surface area contributed by atoms with Crippen molar-refractivity contribution in [2.24, 2.45) is 34.5 Å². The molecule has 0 aromatic carbocycles. The van der Waals surface area contributed by atoms with Gasteiger partial charge in [0.25, 0.3) is 0 Å². The van der Waals surface area contributed by atoms with Gasteiger partial charge in [-0.3, -0.25) is 0 Å². The van der Waals surface area contributed by atoms with Gasteiger partial charge in [0.05, 0.1) is 23.9 Å². The van der Waals surface area contributed by atoms with Gasteiger partial charge in [-0.25, -0.2) is 0 Å². The summed E-state index contributed by atoms with van der Waals surface area (Å²) < 4.78 is 21.2. The molecule has 0 radical (unpaired) electrons. The van der Waals surface area contributed by atoms with E-state index in [0.717, 1.165) is 24.7 Å². The zero-order valence-electron chi connectivity index (χ0n) is 31.7. The van der Waals surface area contributed by atoms with E-state index in [1.807, 2.05) is 13.8 Å². The molecule has 0 amide bonds. The van der Waals surface area contributed by atoms with Gasteiger partial charge < -0.3 is 18.7 Å². The highest BCUT2D eigenvalue weighted by Gasteiger charge is 2.62. The normalized spacial score (nSPS) is 37.6. The minimum atomic E-state index is -2.00. The average Bonchev–Trinajstić information content (AvgIpc) is 3.19. The molecule has 1 N–H and O–H groups in total. The number of ether oxygens (including phenoxy) is 1. The lowest BCUT2D eigenvalue weighted by atomic mass is 9.46. The molecule has 44 heavy (non-hydrogen) atoms. The largest absolute Gasteiger partial charge is 0.414 e. The van der Waals surface area contributed by atoms with E-state index in [1.165, 1.54) is 32.1 Å². The highest BCUT2D eigenvalue weighted by molar-refractivity contribution is 6.74. The van der Waals surface area contributed by atoms with Crippen LogP contribution >= 0.6 is 0 Å². The maximum Gasteiger partial charge on any atom is 0.192 e. The fraction of sp³-hybridized carbons (Fsp3) is 0.947. The Morgan fingerprint density at radius 3 is 2.05 bits per heavy atom. The Morgan fingerprint density at radius 2 is 1.48 bits per heavy atom. The molecule has 4 aliphatic carbocycles. The second kappa shape index (κ2) is 12.2. The predicted molar refractivity (Wildman–Crippen MR) is 191 cm³/mol. The van der Waals surface area contributed by atoms with Crippen LogP contribution in [0.25, 0.3) is 0 Å². The van der Waals surface area contributed by atoms with Crippen LogP contribution in [0.2, 0.25) is 36.3 Å². The fourth-order valence-corrected chi connectivity index (χ4v) is 12.2. The lowest BCUT2D eigenvalue weighted by Crippen LogP contribution is -2.60. The van der Waals surface area contributed by atoms with Gasteiger partial charge >= 0.3 is 0 Å². The van der Waals surface area contributed by atoms with Crippen molar-refractivity contribution >= 4 is 16.6 Å². The number of hydrogen-bond donors (Lipinski definition) is 1. The SMILES string of the molecule is C[C@@H](OCCC(C)(C)O)[C@H]1CC[C@H]2[C@@H]3CC=C4C[C@@H](O[Si](C)(C)C(C)(C)C)C[C@H](O[Si](C)(C)C(C)(C)C)[C@]4(C)[C@H]3CC[C@]12C. The third kappa shape index (κ3) is 6.93. The molecule has 0 aromatic rings. The Bertz CT molecular complexity index is 1050. The lowest BCUT2D eigenvalue weighted by molar-refractivity contribution is -0.112. The number of hydrogen-bond acceptors (Lipinski definition) is 4. The molecule has 0 saturated heterocycles. The van der Waals surface area contributed by atoms with Crippen LogP contribution in [-0.4, -0.2) is 52.3 Å². The van der Waals surface area contributed by atoms with Crippen molar-refractivity contribution in [1.29, 1.82) is 0 Å². The summed E-state index contributed by atoms with van der Waals surface area (Å²) in [6.07, 6.45) is 12.6. The molecular formula is C38H72O4Si2. The van der Waals surface area contributed by atoms with E-state index < -0.39 is 22.2 Å². The summed E-state index contributed by atoms with van der Waals surface area (Å²) in [5.41, 5.74) is 1.40. The topological polar surface area (TPSA) is 47.9 Å². The molecule has 0 spiro atoms. The van der Waals surface area contributed by atoms with Crippen LogP contribution in [0, 0.1) is 34.5 Å². The molecule has 6 heteroatoms. The van der Waals surface area contributed by atoms with Crippen LogP contribution in [0.1, 0.15) is 128 Å². The summed E-state index contributed by atoms with van der Waals surface area (Å²) in [6, 6.07) is 0. The van der Waals surface area contributed by atoms with Crippen LogP contribution in [0.15, 0.2) is 11.6 Å². The first-order valence-corrected chi connectivity index (χ1v) is 24.0. The smallest absolute Gasteiger partial charge is 0.192 e. The third-order valence-electron chi connectivity index (χ3n) is 14.4. The van der Waals surface area contributed by atoms with Crippen LogP contribution < -0.4 is 0 Å². The van der Waals surface area contributed by atoms with Gasteiger partial charge in [-0.1, -0.05) is 67.0 Å². The van der Waals surface area contributed by atoms with Crippen LogP contribution in [-0.2, 0) is 13.6 Å². The number of allylic oxidation sites excluding steroid dienone is 1. The molecule has 0 heterocycles. The second-order valence-corrected chi connectivity index (χ2v) is 29.3. The van der Waals surface area contributed by atoms with Crippen molar-refractivity contribution in [3.63, 3.8) is 0 Å². The van der Waals surface area contributed by atoms with Crippen LogP contribution in [0.3, 0.4) is 0 Å². The standard InChI is InChI=1S/C38H72O4Si2/c1-26(40-23-22-36(8,9)39)30-18-19-31-29-17-16-27-24-28(41-43(12,13)34(2,3)4)25-33(42-44(14,15)35(5,6)7)38(27,11)32(29)20-21-37(30,31)10/h16,26,28-33,39H,17-25H2,1-15H3/t26-,28-,29+,30-,31+,32+,33+,37-,38+/m1/s1. The van der Waals surface area contributed by atoms with Gasteiger partial charge in [-0.2, -0.15) is 0 Å². The molecule has 4 nitrogen and oxygen atoms in total. The summed E-state index contributed by atoms with van der Waals surface area (Å²) in [7, 11) is -3.89. The van der Waals surface area contributed by atoms with E-state index in [4.69, 9.17) is 13.6 Å². The van der Waals surface area contributed by atoms with E-state index >= 15 is 0 Å². The highest BCUT2D eigenvalue weighted by Crippen LogP contribution is 2.67. The fourth-order valence-electron chi connectivity index (χ4n) is 9.47. The minimum Gasteiger partial charge on any atom is -0.414 e. The quantitative estimate of drug-likeness (QED) is 0.200. The molecule has 0 bridgehead atoms. The van der Waals surface area contributed by atoms with E-state index in [1.54, 1.807) is 5.57 Å². The molecule has 4 rings (SSSR count). The maximum absolute atomic E-state index is 10.2. The number of fused-ring (bicyclic) bond motifs is 5. The Balaban J connectivity index is 1.62. The Labute approximate surface area is 275 Å². The van der Waals surface area contributed by atoms with Gasteiger partial charge in [0.2, 0.25) is 0 Å². The summed E-state index contributed by atoms with van der Waals surface area (Å²) in [5.74, 6) is 2.74. The first kappa shape index (κ1) is 36.8. The van der Waals surface area contributed by atoms with Crippen molar-refractivity contribution in [2.45, 2.75) is 188 Å². The summed E-state index contributed by atoms with van der Waals surface area (Å²) in [6.45, 7) is 36.0. The van der Waals surface area contributed by atoms with Crippen molar-refractivity contribution < 1.29 is 18.7 Å². The van der Waals surface area contributed by atoms with Gasteiger partial charge in [0.1, 0.15) is 0 Å². The van der Waals surface area contributed by atoms with Crippen molar-refractivity contribution in [3.05, 3.63) is 11.6 Å². The summed E-state index contributed by atoms with van der Waals surface area (Å²) in [5, 5.41) is 10.6. The monoisotopic (exact) mass is 648 g/mol. The van der Waals surface area contributed by atoms with Crippen LogP contribution in [0.4, 0.5) is 0 Å².